The molecule has 0 spiro atoms. The molecular weight excluding hydrogens is 246 g/mol. The van der Waals surface area contributed by atoms with Crippen molar-refractivity contribution >= 4 is 10.9 Å². The number of rotatable bonds is 4. The quantitative estimate of drug-likeness (QED) is 0.705. The molecule has 0 bridgehead atoms. The minimum atomic E-state index is 0.678. The lowest BCUT2D eigenvalue weighted by Gasteiger charge is -2.09. The van der Waals surface area contributed by atoms with Crippen LogP contribution in [0.15, 0.2) is 60.7 Å². The molecule has 3 rings (SSSR count). The molecule has 0 saturated carbocycles. The van der Waals surface area contributed by atoms with Crippen LogP contribution in [0.1, 0.15) is 11.3 Å². The largest absolute Gasteiger partial charge is 0.493 e. The summed E-state index contributed by atoms with van der Waals surface area (Å²) in [6.07, 6.45) is 0.888. The third-order valence-corrected chi connectivity index (χ3v) is 3.31. The monoisotopic (exact) mass is 263 g/mol. The van der Waals surface area contributed by atoms with E-state index in [1.807, 2.05) is 43.3 Å². The predicted molar refractivity (Wildman–Crippen MR) is 82.1 cm³/mol. The van der Waals surface area contributed by atoms with Crippen molar-refractivity contribution in [1.29, 1.82) is 0 Å². The van der Waals surface area contributed by atoms with Crippen molar-refractivity contribution in [1.82, 2.24) is 4.98 Å². The molecule has 0 aliphatic heterocycles. The van der Waals surface area contributed by atoms with E-state index in [0.29, 0.717) is 6.61 Å². The Morgan fingerprint density at radius 3 is 2.55 bits per heavy atom. The molecule has 100 valence electrons. The molecule has 0 fully saturated rings. The van der Waals surface area contributed by atoms with E-state index >= 15 is 0 Å². The summed E-state index contributed by atoms with van der Waals surface area (Å²) in [5, 5.41) is 1.22. The Bertz CT molecular complexity index is 707. The molecule has 3 aromatic rings. The highest BCUT2D eigenvalue weighted by Gasteiger charge is 2.04. The summed E-state index contributed by atoms with van der Waals surface area (Å²) < 4.78 is 5.78. The fourth-order valence-corrected chi connectivity index (χ4v) is 2.40. The van der Waals surface area contributed by atoms with E-state index in [2.05, 4.69) is 29.2 Å². The van der Waals surface area contributed by atoms with Gasteiger partial charge in [0.25, 0.3) is 0 Å². The Balaban J connectivity index is 1.77. The van der Waals surface area contributed by atoms with Gasteiger partial charge in [0.2, 0.25) is 0 Å². The lowest BCUT2D eigenvalue weighted by Crippen LogP contribution is -2.02. The van der Waals surface area contributed by atoms with Gasteiger partial charge in [-0.25, -0.2) is 0 Å². The smallest absolute Gasteiger partial charge is 0.119 e. The van der Waals surface area contributed by atoms with Crippen LogP contribution in [0.4, 0.5) is 0 Å². The Morgan fingerprint density at radius 2 is 1.70 bits per heavy atom. The van der Waals surface area contributed by atoms with E-state index in [1.165, 1.54) is 10.9 Å². The van der Waals surface area contributed by atoms with Crippen LogP contribution in [0.3, 0.4) is 0 Å². The first-order valence-corrected chi connectivity index (χ1v) is 6.86. The zero-order valence-corrected chi connectivity index (χ0v) is 11.5. The van der Waals surface area contributed by atoms with Gasteiger partial charge in [0.1, 0.15) is 5.75 Å². The summed E-state index contributed by atoms with van der Waals surface area (Å²) in [5.41, 5.74) is 3.41. The minimum absolute atomic E-state index is 0.678. The number of para-hydroxylation sites is 2. The SMILES string of the molecule is Cc1cc(CCOc2ccccc2)c2ccccc2n1. The van der Waals surface area contributed by atoms with Crippen molar-refractivity contribution < 1.29 is 4.74 Å². The summed E-state index contributed by atoms with van der Waals surface area (Å²) in [6.45, 7) is 2.71. The summed E-state index contributed by atoms with van der Waals surface area (Å²) in [5.74, 6) is 0.919. The highest BCUT2D eigenvalue weighted by molar-refractivity contribution is 5.82. The lowest BCUT2D eigenvalue weighted by atomic mass is 10.1. The average molecular weight is 263 g/mol. The van der Waals surface area contributed by atoms with Gasteiger partial charge in [-0.1, -0.05) is 36.4 Å². The highest BCUT2D eigenvalue weighted by atomic mass is 16.5. The van der Waals surface area contributed by atoms with Crippen LogP contribution in [0.5, 0.6) is 5.75 Å². The van der Waals surface area contributed by atoms with Crippen LogP contribution in [0, 0.1) is 6.92 Å². The number of benzene rings is 2. The highest BCUT2D eigenvalue weighted by Crippen LogP contribution is 2.19. The fraction of sp³-hybridized carbons (Fsp3) is 0.167. The van der Waals surface area contributed by atoms with Gasteiger partial charge < -0.3 is 4.74 Å². The number of hydrogen-bond donors (Lipinski definition) is 0. The molecule has 0 aliphatic carbocycles. The summed E-state index contributed by atoms with van der Waals surface area (Å²) in [6, 6.07) is 20.3. The zero-order valence-electron chi connectivity index (χ0n) is 11.5. The van der Waals surface area contributed by atoms with Gasteiger partial charge in [0, 0.05) is 17.5 Å². The minimum Gasteiger partial charge on any atom is -0.493 e. The van der Waals surface area contributed by atoms with Gasteiger partial charge in [-0.2, -0.15) is 0 Å². The Labute approximate surface area is 119 Å². The van der Waals surface area contributed by atoms with Crippen LogP contribution in [0.2, 0.25) is 0 Å². The molecule has 0 aliphatic rings. The van der Waals surface area contributed by atoms with Crippen molar-refractivity contribution in [2.75, 3.05) is 6.61 Å². The Morgan fingerprint density at radius 1 is 0.950 bits per heavy atom. The summed E-state index contributed by atoms with van der Waals surface area (Å²) >= 11 is 0. The molecule has 1 heterocycles. The number of aromatic nitrogens is 1. The number of fused-ring (bicyclic) bond motifs is 1. The van der Waals surface area contributed by atoms with Gasteiger partial charge in [-0.05, 0) is 36.8 Å². The number of aryl methyl sites for hydroxylation is 1. The van der Waals surface area contributed by atoms with E-state index in [1.54, 1.807) is 0 Å². The Kier molecular flexibility index (Phi) is 3.64. The van der Waals surface area contributed by atoms with Gasteiger partial charge in [0.05, 0.1) is 12.1 Å². The van der Waals surface area contributed by atoms with Crippen LogP contribution in [0.25, 0.3) is 10.9 Å². The predicted octanol–water partition coefficient (Wildman–Crippen LogP) is 4.16. The molecule has 0 unspecified atom stereocenters. The van der Waals surface area contributed by atoms with Crippen molar-refractivity contribution in [3.05, 3.63) is 71.9 Å². The lowest BCUT2D eigenvalue weighted by molar-refractivity contribution is 0.322. The van der Waals surface area contributed by atoms with E-state index in [4.69, 9.17) is 4.74 Å². The second-order valence-corrected chi connectivity index (χ2v) is 4.85. The third kappa shape index (κ3) is 2.80. The van der Waals surface area contributed by atoms with Crippen LogP contribution < -0.4 is 4.74 Å². The van der Waals surface area contributed by atoms with E-state index in [-0.39, 0.29) is 0 Å². The molecule has 2 nitrogen and oxygen atoms in total. The van der Waals surface area contributed by atoms with E-state index < -0.39 is 0 Å². The van der Waals surface area contributed by atoms with E-state index in [9.17, 15) is 0 Å². The van der Waals surface area contributed by atoms with Gasteiger partial charge in [-0.15, -0.1) is 0 Å². The third-order valence-electron chi connectivity index (χ3n) is 3.31. The van der Waals surface area contributed by atoms with Crippen molar-refractivity contribution in [2.45, 2.75) is 13.3 Å². The van der Waals surface area contributed by atoms with Crippen molar-refractivity contribution in [3.8, 4) is 5.75 Å². The molecular formula is C18H17NO. The van der Waals surface area contributed by atoms with Gasteiger partial charge in [0.15, 0.2) is 0 Å². The number of nitrogens with zero attached hydrogens (tertiary/aromatic N) is 1. The molecule has 1 aromatic heterocycles. The molecule has 2 aromatic carbocycles. The number of ether oxygens (including phenoxy) is 1. The maximum absolute atomic E-state index is 5.78. The molecule has 2 heteroatoms. The topological polar surface area (TPSA) is 22.1 Å². The normalized spacial score (nSPS) is 10.7. The van der Waals surface area contributed by atoms with Gasteiger partial charge >= 0.3 is 0 Å². The van der Waals surface area contributed by atoms with Crippen LogP contribution >= 0.6 is 0 Å². The second kappa shape index (κ2) is 5.74. The molecule has 0 radical (unpaired) electrons. The average Bonchev–Trinajstić information content (AvgIpc) is 2.48. The zero-order chi connectivity index (χ0) is 13.8. The maximum Gasteiger partial charge on any atom is 0.119 e. The fourth-order valence-electron chi connectivity index (χ4n) is 2.40. The standard InChI is InChI=1S/C18H17NO/c1-14-13-15(17-9-5-6-10-18(17)19-14)11-12-20-16-7-3-2-4-8-16/h2-10,13H,11-12H2,1H3. The molecule has 0 amide bonds. The van der Waals surface area contributed by atoms with Crippen LogP contribution in [-0.4, -0.2) is 11.6 Å². The van der Waals surface area contributed by atoms with E-state index in [0.717, 1.165) is 23.4 Å². The van der Waals surface area contributed by atoms with Gasteiger partial charge in [-0.3, -0.25) is 4.98 Å². The first kappa shape index (κ1) is 12.7. The second-order valence-electron chi connectivity index (χ2n) is 4.85. The summed E-state index contributed by atoms with van der Waals surface area (Å²) in [4.78, 5) is 4.56. The Hall–Kier alpha value is -2.35. The molecule has 0 N–H and O–H groups in total. The maximum atomic E-state index is 5.78. The molecule has 20 heavy (non-hydrogen) atoms. The molecule has 0 atom stereocenters. The van der Waals surface area contributed by atoms with Crippen molar-refractivity contribution in [2.24, 2.45) is 0 Å². The first-order valence-electron chi connectivity index (χ1n) is 6.86. The number of hydrogen-bond acceptors (Lipinski definition) is 2. The summed E-state index contributed by atoms with van der Waals surface area (Å²) in [7, 11) is 0. The number of pyridine rings is 1. The molecule has 0 saturated heterocycles. The first-order chi connectivity index (χ1) is 9.83. The van der Waals surface area contributed by atoms with Crippen LogP contribution in [-0.2, 0) is 6.42 Å². The van der Waals surface area contributed by atoms with Crippen molar-refractivity contribution in [3.63, 3.8) is 0 Å².